The van der Waals surface area contributed by atoms with E-state index in [4.69, 9.17) is 0 Å². The lowest BCUT2D eigenvalue weighted by molar-refractivity contribution is -0.129. The number of nitrogens with zero attached hydrogens (tertiary/aromatic N) is 3. The van der Waals surface area contributed by atoms with Gasteiger partial charge in [-0.25, -0.2) is 13.2 Å². The minimum Gasteiger partial charge on any atom is -0.295 e. The number of carbonyl (C=O) groups is 2. The van der Waals surface area contributed by atoms with Gasteiger partial charge in [0.1, 0.15) is 6.54 Å². The Morgan fingerprint density at radius 1 is 0.968 bits per heavy atom. The van der Waals surface area contributed by atoms with Gasteiger partial charge in [0.2, 0.25) is 10.0 Å². The van der Waals surface area contributed by atoms with Crippen LogP contribution in [0.4, 0.5) is 0 Å². The van der Waals surface area contributed by atoms with E-state index in [1.54, 1.807) is 43.4 Å². The van der Waals surface area contributed by atoms with E-state index in [0.717, 1.165) is 9.87 Å². The van der Waals surface area contributed by atoms with E-state index in [9.17, 15) is 22.8 Å². The van der Waals surface area contributed by atoms with Crippen molar-refractivity contribution < 1.29 is 18.0 Å². The topological polar surface area (TPSA) is 123 Å². The zero-order valence-corrected chi connectivity index (χ0v) is 18.1. The van der Waals surface area contributed by atoms with E-state index >= 15 is 0 Å². The first-order valence-corrected chi connectivity index (χ1v) is 10.8. The minimum absolute atomic E-state index is 0.0627. The fourth-order valence-electron chi connectivity index (χ4n) is 3.06. The number of aromatic nitrogens is 2. The minimum atomic E-state index is -3.85. The van der Waals surface area contributed by atoms with E-state index in [-0.39, 0.29) is 17.1 Å². The van der Waals surface area contributed by atoms with Gasteiger partial charge in [-0.2, -0.15) is 4.31 Å². The number of amides is 2. The van der Waals surface area contributed by atoms with E-state index in [2.05, 4.69) is 10.9 Å². The van der Waals surface area contributed by atoms with Crippen LogP contribution in [0, 0.1) is 6.92 Å². The molecule has 0 spiro atoms. The van der Waals surface area contributed by atoms with Gasteiger partial charge in [0.25, 0.3) is 11.8 Å². The van der Waals surface area contributed by atoms with E-state index < -0.39 is 28.4 Å². The lowest BCUT2D eigenvalue weighted by Gasteiger charge is -2.17. The smallest absolute Gasteiger partial charge is 0.295 e. The average molecular weight is 446 g/mol. The first kappa shape index (κ1) is 22.2. The molecule has 164 valence electrons. The number of hydrogen-bond donors (Lipinski definition) is 2. The Hall–Kier alpha value is -3.44. The van der Waals surface area contributed by atoms with Crippen LogP contribution in [0.3, 0.4) is 0 Å². The molecular weight excluding hydrogens is 422 g/mol. The number of hydrazine groups is 1. The van der Waals surface area contributed by atoms with Crippen molar-refractivity contribution in [1.82, 2.24) is 24.3 Å². The van der Waals surface area contributed by atoms with Gasteiger partial charge in [-0.3, -0.25) is 29.6 Å². The van der Waals surface area contributed by atoms with Crippen molar-refractivity contribution in [1.29, 1.82) is 0 Å². The van der Waals surface area contributed by atoms with Crippen molar-refractivity contribution in [2.24, 2.45) is 7.05 Å². The molecule has 31 heavy (non-hydrogen) atoms. The van der Waals surface area contributed by atoms with Crippen LogP contribution in [0.1, 0.15) is 5.56 Å². The molecule has 11 heteroatoms. The summed E-state index contributed by atoms with van der Waals surface area (Å²) in [4.78, 5) is 36.8. The Morgan fingerprint density at radius 3 is 2.19 bits per heavy atom. The summed E-state index contributed by atoms with van der Waals surface area (Å²) in [6.07, 6.45) is 0. The highest BCUT2D eigenvalue weighted by molar-refractivity contribution is 7.89. The van der Waals surface area contributed by atoms with Crippen LogP contribution in [0.2, 0.25) is 0 Å². The second kappa shape index (κ2) is 8.74. The van der Waals surface area contributed by atoms with Crippen LogP contribution < -0.4 is 16.5 Å². The molecule has 0 saturated carbocycles. The summed E-state index contributed by atoms with van der Waals surface area (Å²) >= 11 is 0. The Balaban J connectivity index is 1.60. The molecule has 3 aromatic rings. The number of imidazole rings is 1. The average Bonchev–Trinajstić information content (AvgIpc) is 2.97. The summed E-state index contributed by atoms with van der Waals surface area (Å²) in [6.45, 7) is 1.03. The summed E-state index contributed by atoms with van der Waals surface area (Å²) in [5.74, 6) is -1.35. The van der Waals surface area contributed by atoms with Gasteiger partial charge in [-0.1, -0.05) is 29.8 Å². The Morgan fingerprint density at radius 2 is 1.55 bits per heavy atom. The number of nitrogens with one attached hydrogen (secondary N) is 2. The standard InChI is InChI=1S/C20H23N5O5S/c1-14-8-10-15(11-9-14)31(29,30)23(2)12-18(26)21-22-19(27)13-25-17-7-5-4-6-16(17)24(3)20(25)28/h4-11H,12-13H2,1-3H3,(H,21,26)(H,22,27). The number of hydrogen-bond acceptors (Lipinski definition) is 5. The molecule has 3 rings (SSSR count). The molecule has 0 fully saturated rings. The fraction of sp³-hybridized carbons (Fsp3) is 0.250. The number of likely N-dealkylation sites (N-methyl/N-ethyl adjacent to an activating group) is 1. The van der Waals surface area contributed by atoms with E-state index in [1.807, 2.05) is 6.92 Å². The van der Waals surface area contributed by atoms with Gasteiger partial charge < -0.3 is 0 Å². The van der Waals surface area contributed by atoms with Crippen LogP contribution in [-0.2, 0) is 33.2 Å². The van der Waals surface area contributed by atoms with Gasteiger partial charge in [-0.05, 0) is 31.2 Å². The molecule has 0 unspecified atom stereocenters. The number of carbonyl (C=O) groups excluding carboxylic acids is 2. The van der Waals surface area contributed by atoms with Gasteiger partial charge in [0, 0.05) is 14.1 Å². The third kappa shape index (κ3) is 4.67. The predicted octanol–water partition coefficient (Wildman–Crippen LogP) is 0.117. The molecule has 0 aliphatic heterocycles. The van der Waals surface area contributed by atoms with Crippen molar-refractivity contribution in [3.05, 3.63) is 64.6 Å². The maximum absolute atomic E-state index is 12.5. The van der Waals surface area contributed by atoms with Crippen LogP contribution in [0.15, 0.2) is 58.2 Å². The van der Waals surface area contributed by atoms with Gasteiger partial charge in [0.05, 0.1) is 22.5 Å². The SMILES string of the molecule is Cc1ccc(S(=O)(=O)N(C)CC(=O)NNC(=O)Cn2c(=O)n(C)c3ccccc32)cc1. The molecule has 10 nitrogen and oxygen atoms in total. The number of sulfonamides is 1. The summed E-state index contributed by atoms with van der Waals surface area (Å²) in [5.41, 5.74) is 6.18. The Bertz CT molecular complexity index is 1290. The Kier molecular flexibility index (Phi) is 6.27. The van der Waals surface area contributed by atoms with Crippen molar-refractivity contribution in [2.45, 2.75) is 18.4 Å². The molecule has 2 amide bonds. The first-order chi connectivity index (χ1) is 14.6. The van der Waals surface area contributed by atoms with E-state index in [1.165, 1.54) is 28.3 Å². The molecule has 2 N–H and O–H groups in total. The van der Waals surface area contributed by atoms with Crippen molar-refractivity contribution in [2.75, 3.05) is 13.6 Å². The lowest BCUT2D eigenvalue weighted by Crippen LogP contribution is -2.48. The van der Waals surface area contributed by atoms with Crippen molar-refractivity contribution in [3.63, 3.8) is 0 Å². The first-order valence-electron chi connectivity index (χ1n) is 9.36. The molecule has 1 aromatic heterocycles. The second-order valence-corrected chi connectivity index (χ2v) is 9.13. The van der Waals surface area contributed by atoms with Crippen LogP contribution in [-0.4, -0.2) is 47.3 Å². The number of benzene rings is 2. The number of aryl methyl sites for hydroxylation is 2. The van der Waals surface area contributed by atoms with Crippen molar-refractivity contribution in [3.8, 4) is 0 Å². The van der Waals surface area contributed by atoms with Crippen LogP contribution in [0.5, 0.6) is 0 Å². The maximum Gasteiger partial charge on any atom is 0.329 e. The molecular formula is C20H23N5O5S. The fourth-order valence-corrected chi connectivity index (χ4v) is 4.18. The second-order valence-electron chi connectivity index (χ2n) is 7.09. The third-order valence-electron chi connectivity index (χ3n) is 4.79. The van der Waals surface area contributed by atoms with Gasteiger partial charge >= 0.3 is 5.69 Å². The quantitative estimate of drug-likeness (QED) is 0.522. The molecule has 0 saturated heterocycles. The van der Waals surface area contributed by atoms with Crippen LogP contribution in [0.25, 0.3) is 11.0 Å². The highest BCUT2D eigenvalue weighted by Gasteiger charge is 2.23. The van der Waals surface area contributed by atoms with Gasteiger partial charge in [0.15, 0.2) is 0 Å². The highest BCUT2D eigenvalue weighted by Crippen LogP contribution is 2.14. The molecule has 1 heterocycles. The van der Waals surface area contributed by atoms with Gasteiger partial charge in [-0.15, -0.1) is 0 Å². The lowest BCUT2D eigenvalue weighted by atomic mass is 10.2. The normalized spacial score (nSPS) is 11.6. The van der Waals surface area contributed by atoms with Crippen LogP contribution >= 0.6 is 0 Å². The number of fused-ring (bicyclic) bond motifs is 1. The number of para-hydroxylation sites is 2. The predicted molar refractivity (Wildman–Crippen MR) is 114 cm³/mol. The molecule has 2 aromatic carbocycles. The molecule has 0 aliphatic rings. The number of rotatable bonds is 6. The monoisotopic (exact) mass is 445 g/mol. The summed E-state index contributed by atoms with van der Waals surface area (Å²) in [6, 6.07) is 13.3. The zero-order chi connectivity index (χ0) is 22.8. The molecule has 0 radical (unpaired) electrons. The molecule has 0 bridgehead atoms. The molecule has 0 atom stereocenters. The highest BCUT2D eigenvalue weighted by atomic mass is 32.2. The summed E-state index contributed by atoms with van der Waals surface area (Å²) < 4.78 is 28.7. The zero-order valence-electron chi connectivity index (χ0n) is 17.3. The third-order valence-corrected chi connectivity index (χ3v) is 6.61. The summed E-state index contributed by atoms with van der Waals surface area (Å²) in [7, 11) is -0.981. The maximum atomic E-state index is 12.5. The Labute approximate surface area is 179 Å². The largest absolute Gasteiger partial charge is 0.329 e. The summed E-state index contributed by atoms with van der Waals surface area (Å²) in [5, 5.41) is 0. The van der Waals surface area contributed by atoms with E-state index in [0.29, 0.717) is 11.0 Å². The molecule has 0 aliphatic carbocycles. The van der Waals surface area contributed by atoms with Crippen molar-refractivity contribution >= 4 is 32.9 Å².